The van der Waals surface area contributed by atoms with Gasteiger partial charge in [0.25, 0.3) is 0 Å². The molecular formula is C12H16FN2O4P. The minimum atomic E-state index is -3.65. The molecule has 110 valence electrons. The highest BCUT2D eigenvalue weighted by molar-refractivity contribution is 7.49. The number of benzene rings is 1. The normalized spacial score (nSPS) is 14.2. The summed E-state index contributed by atoms with van der Waals surface area (Å²) in [6, 6.07) is 4.13. The maximum absolute atomic E-state index is 13.1. The lowest BCUT2D eigenvalue weighted by atomic mass is 10.2. The number of anilines is 1. The van der Waals surface area contributed by atoms with E-state index in [0.717, 1.165) is 0 Å². The van der Waals surface area contributed by atoms with E-state index >= 15 is 0 Å². The Morgan fingerprint density at radius 2 is 2.05 bits per heavy atom. The molecule has 1 aliphatic heterocycles. The van der Waals surface area contributed by atoms with E-state index in [-0.39, 0.29) is 31.5 Å². The van der Waals surface area contributed by atoms with Crippen LogP contribution in [0.25, 0.3) is 0 Å². The molecule has 1 heterocycles. The molecule has 1 aliphatic rings. The number of fused-ring (bicyclic) bond motifs is 1. The van der Waals surface area contributed by atoms with Gasteiger partial charge in [0.2, 0.25) is 5.90 Å². The summed E-state index contributed by atoms with van der Waals surface area (Å²) in [5.41, 5.74) is 1.06. The van der Waals surface area contributed by atoms with Crippen LogP contribution in [0, 0.1) is 5.82 Å². The van der Waals surface area contributed by atoms with Crippen molar-refractivity contribution in [2.75, 3.05) is 25.1 Å². The van der Waals surface area contributed by atoms with Crippen LogP contribution in [0.5, 0.6) is 0 Å². The maximum atomic E-state index is 13.1. The third kappa shape index (κ3) is 3.56. The number of phosphoric ester groups is 1. The zero-order valence-electron chi connectivity index (χ0n) is 11.3. The van der Waals surface area contributed by atoms with Gasteiger partial charge in [-0.25, -0.2) is 13.9 Å². The van der Waals surface area contributed by atoms with Crippen LogP contribution in [0.1, 0.15) is 13.8 Å². The molecule has 0 aromatic heterocycles. The van der Waals surface area contributed by atoms with Crippen LogP contribution in [-0.2, 0) is 18.1 Å². The molecule has 0 unspecified atom stereocenters. The second-order valence-corrected chi connectivity index (χ2v) is 5.49. The largest absolute Gasteiger partial charge is 0.531 e. The number of hydrogen-bond acceptors (Lipinski definition) is 6. The molecule has 0 bridgehead atoms. The first-order valence-electron chi connectivity index (χ1n) is 6.26. The Morgan fingerprint density at radius 3 is 2.70 bits per heavy atom. The number of hydrogen-bond donors (Lipinski definition) is 1. The molecule has 0 aliphatic carbocycles. The van der Waals surface area contributed by atoms with Crippen LogP contribution in [-0.4, -0.2) is 25.7 Å². The summed E-state index contributed by atoms with van der Waals surface area (Å²) in [6.07, 6.45) is 0. The van der Waals surface area contributed by atoms with Gasteiger partial charge in [-0.3, -0.25) is 9.05 Å². The summed E-state index contributed by atoms with van der Waals surface area (Å²) in [5.74, 6) is -0.181. The summed E-state index contributed by atoms with van der Waals surface area (Å²) >= 11 is 0. The first-order chi connectivity index (χ1) is 9.56. The van der Waals surface area contributed by atoms with Gasteiger partial charge in [0, 0.05) is 0 Å². The SMILES string of the molecule is CCOP(=O)(OCC)OC1=Nc2ccc(F)cc2NC1. The molecule has 1 aromatic rings. The van der Waals surface area contributed by atoms with E-state index in [1.54, 1.807) is 13.8 Å². The summed E-state index contributed by atoms with van der Waals surface area (Å²) < 4.78 is 40.6. The predicted molar refractivity (Wildman–Crippen MR) is 73.9 cm³/mol. The molecular weight excluding hydrogens is 286 g/mol. The lowest BCUT2D eigenvalue weighted by Crippen LogP contribution is -2.20. The van der Waals surface area contributed by atoms with Crippen molar-refractivity contribution >= 4 is 25.1 Å². The van der Waals surface area contributed by atoms with Crippen molar-refractivity contribution in [2.45, 2.75) is 13.8 Å². The molecule has 0 saturated heterocycles. The quantitative estimate of drug-likeness (QED) is 0.843. The molecule has 0 saturated carbocycles. The van der Waals surface area contributed by atoms with E-state index in [9.17, 15) is 8.96 Å². The second kappa shape index (κ2) is 6.35. The van der Waals surface area contributed by atoms with Gasteiger partial charge in [0.05, 0.1) is 31.1 Å². The van der Waals surface area contributed by atoms with Crippen LogP contribution in [0.3, 0.4) is 0 Å². The lowest BCUT2D eigenvalue weighted by molar-refractivity contribution is 0.164. The second-order valence-electron chi connectivity index (χ2n) is 3.89. The van der Waals surface area contributed by atoms with E-state index in [1.165, 1.54) is 18.2 Å². The minimum Gasteiger partial charge on any atom is -0.388 e. The van der Waals surface area contributed by atoms with E-state index < -0.39 is 7.82 Å². The predicted octanol–water partition coefficient (Wildman–Crippen LogP) is 3.48. The van der Waals surface area contributed by atoms with Gasteiger partial charge in [-0.15, -0.1) is 0 Å². The molecule has 20 heavy (non-hydrogen) atoms. The van der Waals surface area contributed by atoms with Crippen LogP contribution >= 0.6 is 7.82 Å². The van der Waals surface area contributed by atoms with E-state index in [1.807, 2.05) is 0 Å². The number of nitrogens with zero attached hydrogens (tertiary/aromatic N) is 1. The molecule has 1 aromatic carbocycles. The molecule has 0 fully saturated rings. The Morgan fingerprint density at radius 1 is 1.35 bits per heavy atom. The standard InChI is InChI=1S/C12H16FN2O4P/c1-3-17-20(16,18-4-2)19-12-8-14-11-7-9(13)5-6-10(11)15-12/h5-7,14H,3-4,8H2,1-2H3. The highest BCUT2D eigenvalue weighted by atomic mass is 31.2. The molecule has 2 rings (SSSR count). The number of phosphoric acid groups is 1. The number of rotatable bonds is 5. The number of halogens is 1. The minimum absolute atomic E-state index is 0.175. The fraction of sp³-hybridized carbons (Fsp3) is 0.417. The van der Waals surface area contributed by atoms with Crippen molar-refractivity contribution in [3.8, 4) is 0 Å². The van der Waals surface area contributed by atoms with Gasteiger partial charge in [0.1, 0.15) is 5.82 Å². The van der Waals surface area contributed by atoms with Crippen molar-refractivity contribution in [1.29, 1.82) is 0 Å². The summed E-state index contributed by atoms with van der Waals surface area (Å²) in [7, 11) is -3.65. The van der Waals surface area contributed by atoms with Gasteiger partial charge < -0.3 is 9.84 Å². The zero-order chi connectivity index (χ0) is 14.6. The average Bonchev–Trinajstić information content (AvgIpc) is 2.39. The van der Waals surface area contributed by atoms with Gasteiger partial charge in [-0.1, -0.05) is 0 Å². The summed E-state index contributed by atoms with van der Waals surface area (Å²) in [4.78, 5) is 4.17. The van der Waals surface area contributed by atoms with E-state index in [0.29, 0.717) is 11.4 Å². The monoisotopic (exact) mass is 302 g/mol. The summed E-state index contributed by atoms with van der Waals surface area (Å²) in [5, 5.41) is 2.93. The Bertz CT molecular complexity index is 554. The van der Waals surface area contributed by atoms with E-state index in [2.05, 4.69) is 10.3 Å². The topological polar surface area (TPSA) is 69.2 Å². The fourth-order valence-electron chi connectivity index (χ4n) is 1.68. The molecule has 8 heteroatoms. The van der Waals surface area contributed by atoms with Crippen LogP contribution < -0.4 is 5.32 Å². The number of aliphatic imine (C=N–C) groups is 1. The Hall–Kier alpha value is -1.43. The third-order valence-electron chi connectivity index (χ3n) is 2.43. The fourth-order valence-corrected chi connectivity index (χ4v) is 2.86. The molecule has 0 radical (unpaired) electrons. The van der Waals surface area contributed by atoms with Crippen molar-refractivity contribution in [2.24, 2.45) is 4.99 Å². The molecule has 1 N–H and O–H groups in total. The van der Waals surface area contributed by atoms with Gasteiger partial charge >= 0.3 is 7.82 Å². The van der Waals surface area contributed by atoms with Crippen molar-refractivity contribution < 1.29 is 22.5 Å². The average molecular weight is 302 g/mol. The maximum Gasteiger partial charge on any atom is 0.531 e. The molecule has 0 atom stereocenters. The van der Waals surface area contributed by atoms with Crippen molar-refractivity contribution in [1.82, 2.24) is 0 Å². The van der Waals surface area contributed by atoms with E-state index in [4.69, 9.17) is 13.6 Å². The smallest absolute Gasteiger partial charge is 0.388 e. The van der Waals surface area contributed by atoms with Gasteiger partial charge in [-0.05, 0) is 32.0 Å². The third-order valence-corrected chi connectivity index (χ3v) is 4.01. The first-order valence-corrected chi connectivity index (χ1v) is 7.72. The summed E-state index contributed by atoms with van der Waals surface area (Å²) in [6.45, 7) is 3.95. The Kier molecular flexibility index (Phi) is 4.75. The Labute approximate surface area is 116 Å². The van der Waals surface area contributed by atoms with Gasteiger partial charge in [0.15, 0.2) is 0 Å². The van der Waals surface area contributed by atoms with Crippen LogP contribution in [0.15, 0.2) is 23.2 Å². The van der Waals surface area contributed by atoms with Crippen LogP contribution in [0.4, 0.5) is 15.8 Å². The molecule has 6 nitrogen and oxygen atoms in total. The van der Waals surface area contributed by atoms with Gasteiger partial charge in [-0.2, -0.15) is 0 Å². The highest BCUT2D eigenvalue weighted by Gasteiger charge is 2.30. The first kappa shape index (κ1) is 15.0. The highest BCUT2D eigenvalue weighted by Crippen LogP contribution is 2.50. The number of nitrogens with one attached hydrogen (secondary N) is 1. The molecule has 0 amide bonds. The Balaban J connectivity index is 2.18. The van der Waals surface area contributed by atoms with Crippen molar-refractivity contribution in [3.63, 3.8) is 0 Å². The van der Waals surface area contributed by atoms with Crippen molar-refractivity contribution in [3.05, 3.63) is 24.0 Å². The lowest BCUT2D eigenvalue weighted by Gasteiger charge is -2.21. The van der Waals surface area contributed by atoms with Crippen LogP contribution in [0.2, 0.25) is 0 Å². The zero-order valence-corrected chi connectivity index (χ0v) is 12.2. The molecule has 0 spiro atoms.